The molecule has 1 aromatic heterocycles. The fraction of sp³-hybridized carbons (Fsp3) is 0.333. The quantitative estimate of drug-likeness (QED) is 0.579. The molecule has 3 nitrogen and oxygen atoms in total. The lowest BCUT2D eigenvalue weighted by Crippen LogP contribution is -1.93. The van der Waals surface area contributed by atoms with Gasteiger partial charge in [-0.15, -0.1) is 0 Å². The minimum atomic E-state index is 0.487. The van der Waals surface area contributed by atoms with Gasteiger partial charge in [0.1, 0.15) is 6.61 Å². The van der Waals surface area contributed by atoms with Gasteiger partial charge in [0.05, 0.1) is 0 Å². The maximum atomic E-state index is 4.80. The molecule has 0 radical (unpaired) electrons. The summed E-state index contributed by atoms with van der Waals surface area (Å²) in [7, 11) is 1.62. The molecular formula is C6H8N2O. The van der Waals surface area contributed by atoms with Crippen LogP contribution in [0.3, 0.4) is 0 Å². The van der Waals surface area contributed by atoms with Crippen molar-refractivity contribution in [2.24, 2.45) is 0 Å². The second-order valence-electron chi connectivity index (χ2n) is 1.60. The van der Waals surface area contributed by atoms with Crippen LogP contribution in [0.15, 0.2) is 18.5 Å². The molecule has 3 heteroatoms. The second-order valence-corrected chi connectivity index (χ2v) is 1.60. The maximum Gasteiger partial charge on any atom is 0.153 e. The summed E-state index contributed by atoms with van der Waals surface area (Å²) in [5.41, 5.74) is 0. The molecule has 0 aliphatic heterocycles. The van der Waals surface area contributed by atoms with Crippen LogP contribution in [0, 0.1) is 0 Å². The molecule has 0 unspecified atom stereocenters. The van der Waals surface area contributed by atoms with E-state index in [1.54, 1.807) is 25.6 Å². The molecule has 1 heterocycles. The van der Waals surface area contributed by atoms with Gasteiger partial charge in [0.15, 0.2) is 5.82 Å². The van der Waals surface area contributed by atoms with Crippen LogP contribution in [0.25, 0.3) is 0 Å². The third kappa shape index (κ3) is 1.77. The third-order valence-electron chi connectivity index (χ3n) is 0.893. The highest BCUT2D eigenvalue weighted by Crippen LogP contribution is 1.87. The van der Waals surface area contributed by atoms with Crippen molar-refractivity contribution >= 4 is 0 Å². The largest absolute Gasteiger partial charge is 0.377 e. The van der Waals surface area contributed by atoms with Crippen LogP contribution in [0.5, 0.6) is 0 Å². The first kappa shape index (κ1) is 6.16. The highest BCUT2D eigenvalue weighted by atomic mass is 16.5. The van der Waals surface area contributed by atoms with Crippen molar-refractivity contribution in [1.29, 1.82) is 0 Å². The van der Waals surface area contributed by atoms with E-state index in [1.165, 1.54) is 0 Å². The van der Waals surface area contributed by atoms with E-state index in [1.807, 2.05) is 0 Å². The second kappa shape index (κ2) is 3.14. The Morgan fingerprint density at radius 1 is 1.44 bits per heavy atom. The van der Waals surface area contributed by atoms with Gasteiger partial charge >= 0.3 is 0 Å². The first-order valence-electron chi connectivity index (χ1n) is 2.68. The molecule has 0 saturated heterocycles. The van der Waals surface area contributed by atoms with E-state index in [9.17, 15) is 0 Å². The van der Waals surface area contributed by atoms with Crippen molar-refractivity contribution in [3.8, 4) is 0 Å². The monoisotopic (exact) mass is 124 g/mol. The lowest BCUT2D eigenvalue weighted by molar-refractivity contribution is 0.177. The van der Waals surface area contributed by atoms with Crippen LogP contribution in [-0.2, 0) is 11.3 Å². The highest BCUT2D eigenvalue weighted by molar-refractivity contribution is 4.85. The normalized spacial score (nSPS) is 9.44. The van der Waals surface area contributed by atoms with Gasteiger partial charge < -0.3 is 4.74 Å². The van der Waals surface area contributed by atoms with Crippen LogP contribution in [0.2, 0.25) is 0 Å². The van der Waals surface area contributed by atoms with Crippen molar-refractivity contribution in [3.05, 3.63) is 24.3 Å². The zero-order valence-corrected chi connectivity index (χ0v) is 5.24. The first-order valence-corrected chi connectivity index (χ1v) is 2.68. The Balaban J connectivity index is 2.61. The topological polar surface area (TPSA) is 35.0 Å². The number of hydrogen-bond donors (Lipinski definition) is 0. The summed E-state index contributed by atoms with van der Waals surface area (Å²) in [6.45, 7) is 0.487. The summed E-state index contributed by atoms with van der Waals surface area (Å²) in [6, 6.07) is 1.78. The standard InChI is InChI=1S/C6H8N2O/c1-9-5-6-7-3-2-4-8-6/h2-4H,5H2,1H3. The molecule has 0 amide bonds. The van der Waals surface area contributed by atoms with Crippen molar-refractivity contribution in [1.82, 2.24) is 9.97 Å². The molecule has 48 valence electrons. The predicted octanol–water partition coefficient (Wildman–Crippen LogP) is 0.623. The van der Waals surface area contributed by atoms with Crippen LogP contribution < -0.4 is 0 Å². The molecule has 9 heavy (non-hydrogen) atoms. The minimum absolute atomic E-state index is 0.487. The van der Waals surface area contributed by atoms with Crippen LogP contribution in [-0.4, -0.2) is 17.1 Å². The van der Waals surface area contributed by atoms with Crippen LogP contribution in [0.1, 0.15) is 5.82 Å². The molecule has 1 rings (SSSR count). The van der Waals surface area contributed by atoms with Crippen molar-refractivity contribution < 1.29 is 4.74 Å². The van der Waals surface area contributed by atoms with E-state index in [0.717, 1.165) is 5.82 Å². The molecule has 0 saturated carbocycles. The maximum absolute atomic E-state index is 4.80. The molecule has 0 aliphatic carbocycles. The summed E-state index contributed by atoms with van der Waals surface area (Å²) >= 11 is 0. The molecule has 0 N–H and O–H groups in total. The van der Waals surface area contributed by atoms with Gasteiger partial charge in [-0.2, -0.15) is 0 Å². The summed E-state index contributed by atoms with van der Waals surface area (Å²) in [5.74, 6) is 0.722. The Labute approximate surface area is 53.7 Å². The SMILES string of the molecule is COCc1ncccn1. The van der Waals surface area contributed by atoms with E-state index in [-0.39, 0.29) is 0 Å². The number of rotatable bonds is 2. The van der Waals surface area contributed by atoms with E-state index in [0.29, 0.717) is 6.61 Å². The van der Waals surface area contributed by atoms with Crippen LogP contribution >= 0.6 is 0 Å². The summed E-state index contributed by atoms with van der Waals surface area (Å²) < 4.78 is 4.80. The zero-order chi connectivity index (χ0) is 6.53. The molecule has 1 aromatic rings. The van der Waals surface area contributed by atoms with Gasteiger partial charge in [-0.3, -0.25) is 0 Å². The van der Waals surface area contributed by atoms with Crippen molar-refractivity contribution in [2.75, 3.05) is 7.11 Å². The lowest BCUT2D eigenvalue weighted by Gasteiger charge is -1.93. The summed E-state index contributed by atoms with van der Waals surface area (Å²) in [4.78, 5) is 7.86. The number of methoxy groups -OCH3 is 1. The van der Waals surface area contributed by atoms with Gasteiger partial charge in [0.25, 0.3) is 0 Å². The zero-order valence-electron chi connectivity index (χ0n) is 5.24. The van der Waals surface area contributed by atoms with Gasteiger partial charge in [-0.05, 0) is 6.07 Å². The number of hydrogen-bond acceptors (Lipinski definition) is 3. The van der Waals surface area contributed by atoms with Crippen molar-refractivity contribution in [3.63, 3.8) is 0 Å². The van der Waals surface area contributed by atoms with Gasteiger partial charge in [-0.1, -0.05) is 0 Å². The van der Waals surface area contributed by atoms with Crippen molar-refractivity contribution in [2.45, 2.75) is 6.61 Å². The number of nitrogens with zero attached hydrogens (tertiary/aromatic N) is 2. The Bertz CT molecular complexity index is 164. The van der Waals surface area contributed by atoms with E-state index in [4.69, 9.17) is 4.74 Å². The fourth-order valence-electron chi connectivity index (χ4n) is 0.534. The Hall–Kier alpha value is -0.960. The first-order chi connectivity index (χ1) is 4.43. The Morgan fingerprint density at radius 3 is 2.67 bits per heavy atom. The Morgan fingerprint density at radius 2 is 2.11 bits per heavy atom. The van der Waals surface area contributed by atoms with Gasteiger partial charge in [-0.25, -0.2) is 9.97 Å². The average molecular weight is 124 g/mol. The smallest absolute Gasteiger partial charge is 0.153 e. The lowest BCUT2D eigenvalue weighted by atomic mass is 10.6. The number of aromatic nitrogens is 2. The Kier molecular flexibility index (Phi) is 2.15. The fourth-order valence-corrected chi connectivity index (χ4v) is 0.534. The highest BCUT2D eigenvalue weighted by Gasteiger charge is 1.88. The molecule has 0 aliphatic rings. The van der Waals surface area contributed by atoms with E-state index < -0.39 is 0 Å². The molecule has 0 spiro atoms. The molecule has 0 fully saturated rings. The van der Waals surface area contributed by atoms with Gasteiger partial charge in [0, 0.05) is 19.5 Å². The average Bonchev–Trinajstić information content (AvgIpc) is 1.91. The third-order valence-corrected chi connectivity index (χ3v) is 0.893. The van der Waals surface area contributed by atoms with Crippen LogP contribution in [0.4, 0.5) is 0 Å². The van der Waals surface area contributed by atoms with E-state index in [2.05, 4.69) is 9.97 Å². The summed E-state index contributed by atoms with van der Waals surface area (Å²) in [6.07, 6.45) is 3.39. The predicted molar refractivity (Wildman–Crippen MR) is 32.7 cm³/mol. The molecule has 0 bridgehead atoms. The van der Waals surface area contributed by atoms with E-state index >= 15 is 0 Å². The van der Waals surface area contributed by atoms with Gasteiger partial charge in [0.2, 0.25) is 0 Å². The minimum Gasteiger partial charge on any atom is -0.377 e. The molecule has 0 atom stereocenters. The molecular weight excluding hydrogens is 116 g/mol. The molecule has 0 aromatic carbocycles. The summed E-state index contributed by atoms with van der Waals surface area (Å²) in [5, 5.41) is 0. The number of ether oxygens (including phenoxy) is 1.